The Morgan fingerprint density at radius 3 is 2.87 bits per heavy atom. The molecule has 0 spiro atoms. The van der Waals surface area contributed by atoms with Gasteiger partial charge in [-0.1, -0.05) is 0 Å². The Morgan fingerprint density at radius 1 is 1.48 bits per heavy atom. The molecule has 1 aliphatic heterocycles. The molecular formula is C16H20BrNO5. The van der Waals surface area contributed by atoms with E-state index in [1.165, 1.54) is 7.11 Å². The van der Waals surface area contributed by atoms with E-state index in [2.05, 4.69) is 15.9 Å². The van der Waals surface area contributed by atoms with E-state index in [1.54, 1.807) is 23.1 Å². The molecule has 1 N–H and O–H groups in total. The molecule has 126 valence electrons. The first-order valence-electron chi connectivity index (χ1n) is 7.47. The maximum Gasteiger partial charge on any atom is 0.305 e. The summed E-state index contributed by atoms with van der Waals surface area (Å²) < 4.78 is 11.4. The minimum absolute atomic E-state index is 0.0304. The summed E-state index contributed by atoms with van der Waals surface area (Å²) in [4.78, 5) is 25.2. The molecule has 1 amide bonds. The van der Waals surface area contributed by atoms with Gasteiger partial charge in [-0.2, -0.15) is 0 Å². The molecule has 1 atom stereocenters. The molecule has 1 unspecified atom stereocenters. The summed E-state index contributed by atoms with van der Waals surface area (Å²) in [5, 5.41) is 8.91. The Labute approximate surface area is 143 Å². The molecule has 1 aromatic rings. The van der Waals surface area contributed by atoms with Crippen LogP contribution in [-0.4, -0.2) is 54.8 Å². The molecule has 0 saturated carbocycles. The second-order valence-electron chi connectivity index (χ2n) is 5.38. The SMILES string of the molecule is COc1ccc(Br)c(C(=O)N(CCC(=O)O)CC2CCCO2)c1. The van der Waals surface area contributed by atoms with Gasteiger partial charge >= 0.3 is 5.97 Å². The van der Waals surface area contributed by atoms with Crippen LogP contribution >= 0.6 is 15.9 Å². The largest absolute Gasteiger partial charge is 0.497 e. The fourth-order valence-corrected chi connectivity index (χ4v) is 2.92. The first-order valence-corrected chi connectivity index (χ1v) is 8.26. The third-order valence-corrected chi connectivity index (χ3v) is 4.43. The van der Waals surface area contributed by atoms with Gasteiger partial charge in [-0.05, 0) is 47.0 Å². The van der Waals surface area contributed by atoms with Crippen LogP contribution < -0.4 is 4.74 Å². The Kier molecular flexibility index (Phi) is 6.41. The molecule has 0 aliphatic carbocycles. The number of halogens is 1. The number of carboxylic acid groups (broad SMARTS) is 1. The van der Waals surface area contributed by atoms with E-state index in [0.29, 0.717) is 28.9 Å². The predicted octanol–water partition coefficient (Wildman–Crippen LogP) is 2.55. The summed E-state index contributed by atoms with van der Waals surface area (Å²) >= 11 is 3.37. The van der Waals surface area contributed by atoms with Gasteiger partial charge < -0.3 is 19.5 Å². The first-order chi connectivity index (χ1) is 11.0. The van der Waals surface area contributed by atoms with Crippen LogP contribution in [0.15, 0.2) is 22.7 Å². The van der Waals surface area contributed by atoms with Crippen LogP contribution in [0.2, 0.25) is 0 Å². The molecule has 1 fully saturated rings. The molecule has 7 heteroatoms. The standard InChI is InChI=1S/C16H20BrNO5/c1-22-11-4-5-14(17)13(9-11)16(21)18(7-6-15(19)20)10-12-3-2-8-23-12/h4-5,9,12H,2-3,6-8,10H2,1H3,(H,19,20). The monoisotopic (exact) mass is 385 g/mol. The number of nitrogens with zero attached hydrogens (tertiary/aromatic N) is 1. The molecule has 0 aromatic heterocycles. The number of aliphatic carboxylic acids is 1. The number of carbonyl (C=O) groups excluding carboxylic acids is 1. The van der Waals surface area contributed by atoms with Crippen LogP contribution in [0.4, 0.5) is 0 Å². The van der Waals surface area contributed by atoms with E-state index in [4.69, 9.17) is 14.6 Å². The lowest BCUT2D eigenvalue weighted by atomic mass is 10.1. The highest BCUT2D eigenvalue weighted by Gasteiger charge is 2.25. The van der Waals surface area contributed by atoms with Crippen molar-refractivity contribution in [2.75, 3.05) is 26.8 Å². The zero-order chi connectivity index (χ0) is 16.8. The molecule has 1 aliphatic rings. The number of ether oxygens (including phenoxy) is 2. The summed E-state index contributed by atoms with van der Waals surface area (Å²) in [5.41, 5.74) is 0.452. The zero-order valence-electron chi connectivity index (χ0n) is 13.0. The van der Waals surface area contributed by atoms with Crippen LogP contribution in [0.1, 0.15) is 29.6 Å². The Bertz CT molecular complexity index is 572. The molecule has 0 radical (unpaired) electrons. The number of hydrogen-bond donors (Lipinski definition) is 1. The number of carboxylic acids is 1. The van der Waals surface area contributed by atoms with Gasteiger partial charge in [-0.3, -0.25) is 9.59 Å². The minimum Gasteiger partial charge on any atom is -0.497 e. The summed E-state index contributed by atoms with van der Waals surface area (Å²) in [6.07, 6.45) is 1.72. The van der Waals surface area contributed by atoms with Gasteiger partial charge in [0.25, 0.3) is 5.91 Å². The fraction of sp³-hybridized carbons (Fsp3) is 0.500. The lowest BCUT2D eigenvalue weighted by Crippen LogP contribution is -2.39. The molecule has 2 rings (SSSR count). The van der Waals surface area contributed by atoms with E-state index in [9.17, 15) is 9.59 Å². The van der Waals surface area contributed by atoms with Gasteiger partial charge in [0, 0.05) is 24.2 Å². The van der Waals surface area contributed by atoms with E-state index < -0.39 is 5.97 Å². The average molecular weight is 386 g/mol. The smallest absolute Gasteiger partial charge is 0.305 e. The van der Waals surface area contributed by atoms with Gasteiger partial charge in [0.1, 0.15) is 5.75 Å². The zero-order valence-corrected chi connectivity index (χ0v) is 14.5. The summed E-state index contributed by atoms with van der Waals surface area (Å²) in [7, 11) is 1.53. The second-order valence-corrected chi connectivity index (χ2v) is 6.23. The van der Waals surface area contributed by atoms with E-state index in [1.807, 2.05) is 0 Å². The fourth-order valence-electron chi connectivity index (χ4n) is 2.51. The highest BCUT2D eigenvalue weighted by Crippen LogP contribution is 2.25. The van der Waals surface area contributed by atoms with Crippen LogP contribution in [0, 0.1) is 0 Å². The van der Waals surface area contributed by atoms with Crippen molar-refractivity contribution in [2.24, 2.45) is 0 Å². The highest BCUT2D eigenvalue weighted by molar-refractivity contribution is 9.10. The molecule has 1 aromatic carbocycles. The van der Waals surface area contributed by atoms with Crippen LogP contribution in [0.5, 0.6) is 5.75 Å². The van der Waals surface area contributed by atoms with Gasteiger partial charge in [0.15, 0.2) is 0 Å². The van der Waals surface area contributed by atoms with E-state index in [0.717, 1.165) is 12.8 Å². The molecule has 0 bridgehead atoms. The lowest BCUT2D eigenvalue weighted by Gasteiger charge is -2.25. The third kappa shape index (κ3) is 4.94. The van der Waals surface area contributed by atoms with Gasteiger partial charge in [0.05, 0.1) is 25.2 Å². The maximum atomic E-state index is 12.8. The van der Waals surface area contributed by atoms with E-state index >= 15 is 0 Å². The Hall–Kier alpha value is -1.60. The molecule has 6 nitrogen and oxygen atoms in total. The Morgan fingerprint density at radius 2 is 2.26 bits per heavy atom. The van der Waals surface area contributed by atoms with Crippen molar-refractivity contribution in [3.05, 3.63) is 28.2 Å². The molecular weight excluding hydrogens is 366 g/mol. The normalized spacial score (nSPS) is 17.0. The number of benzene rings is 1. The van der Waals surface area contributed by atoms with Crippen LogP contribution in [0.25, 0.3) is 0 Å². The second kappa shape index (κ2) is 8.31. The van der Waals surface area contributed by atoms with Crippen molar-refractivity contribution in [1.82, 2.24) is 4.90 Å². The number of amides is 1. The summed E-state index contributed by atoms with van der Waals surface area (Å²) in [6.45, 7) is 1.24. The van der Waals surface area contributed by atoms with Crippen molar-refractivity contribution in [2.45, 2.75) is 25.4 Å². The lowest BCUT2D eigenvalue weighted by molar-refractivity contribution is -0.137. The molecule has 23 heavy (non-hydrogen) atoms. The topological polar surface area (TPSA) is 76.1 Å². The number of methoxy groups -OCH3 is 1. The van der Waals surface area contributed by atoms with Crippen molar-refractivity contribution in [3.8, 4) is 5.75 Å². The van der Waals surface area contributed by atoms with Gasteiger partial charge in [0.2, 0.25) is 0 Å². The first kappa shape index (κ1) is 17.7. The van der Waals surface area contributed by atoms with Crippen molar-refractivity contribution >= 4 is 27.8 Å². The van der Waals surface area contributed by atoms with Crippen molar-refractivity contribution < 1.29 is 24.2 Å². The Balaban J connectivity index is 2.18. The quantitative estimate of drug-likeness (QED) is 0.780. The van der Waals surface area contributed by atoms with Gasteiger partial charge in [-0.15, -0.1) is 0 Å². The third-order valence-electron chi connectivity index (χ3n) is 3.73. The van der Waals surface area contributed by atoms with Gasteiger partial charge in [-0.25, -0.2) is 0 Å². The maximum absolute atomic E-state index is 12.8. The van der Waals surface area contributed by atoms with Crippen molar-refractivity contribution in [1.29, 1.82) is 0 Å². The molecule has 1 saturated heterocycles. The van der Waals surface area contributed by atoms with E-state index in [-0.39, 0.29) is 25.0 Å². The number of carbonyl (C=O) groups is 2. The van der Waals surface area contributed by atoms with Crippen LogP contribution in [-0.2, 0) is 9.53 Å². The highest BCUT2D eigenvalue weighted by atomic mass is 79.9. The minimum atomic E-state index is -0.931. The predicted molar refractivity (Wildman–Crippen MR) is 87.8 cm³/mol. The summed E-state index contributed by atoms with van der Waals surface area (Å²) in [6, 6.07) is 5.14. The summed E-state index contributed by atoms with van der Waals surface area (Å²) in [5.74, 6) is -0.584. The number of rotatable bonds is 7. The average Bonchev–Trinajstić information content (AvgIpc) is 3.04. The van der Waals surface area contributed by atoms with Crippen molar-refractivity contribution in [3.63, 3.8) is 0 Å². The number of hydrogen-bond acceptors (Lipinski definition) is 4. The van der Waals surface area contributed by atoms with Crippen LogP contribution in [0.3, 0.4) is 0 Å². The molecule has 1 heterocycles.